The molecular formula is C24H20N2O4. The first-order valence-corrected chi connectivity index (χ1v) is 9.54. The van der Waals surface area contributed by atoms with E-state index in [0.29, 0.717) is 28.9 Å². The van der Waals surface area contributed by atoms with Gasteiger partial charge in [-0.05, 0) is 48.0 Å². The van der Waals surface area contributed by atoms with E-state index in [4.69, 9.17) is 4.74 Å². The number of rotatable bonds is 4. The molecule has 2 amide bonds. The number of fused-ring (bicyclic) bond motifs is 1. The van der Waals surface area contributed by atoms with Crippen molar-refractivity contribution in [3.8, 4) is 0 Å². The number of carbonyl (C=O) groups excluding carboxylic acids is 3. The van der Waals surface area contributed by atoms with Crippen LogP contribution in [-0.2, 0) is 16.0 Å². The van der Waals surface area contributed by atoms with Crippen molar-refractivity contribution in [1.82, 2.24) is 0 Å². The Morgan fingerprint density at radius 2 is 1.53 bits per heavy atom. The van der Waals surface area contributed by atoms with E-state index in [2.05, 4.69) is 5.32 Å². The number of hydrogen-bond donors (Lipinski definition) is 1. The van der Waals surface area contributed by atoms with E-state index in [1.54, 1.807) is 48.5 Å². The van der Waals surface area contributed by atoms with Gasteiger partial charge in [0.2, 0.25) is 0 Å². The smallest absolute Gasteiger partial charge is 0.329 e. The zero-order chi connectivity index (χ0) is 21.1. The van der Waals surface area contributed by atoms with E-state index in [-0.39, 0.29) is 11.8 Å². The molecule has 0 fully saturated rings. The molecule has 1 unspecified atom stereocenters. The maximum absolute atomic E-state index is 13.2. The molecule has 0 saturated heterocycles. The molecule has 1 aliphatic heterocycles. The number of para-hydroxylation sites is 1. The fraction of sp³-hybridized carbons (Fsp3) is 0.125. The maximum Gasteiger partial charge on any atom is 0.329 e. The third-order valence-electron chi connectivity index (χ3n) is 5.09. The van der Waals surface area contributed by atoms with Crippen LogP contribution in [0.1, 0.15) is 26.3 Å². The van der Waals surface area contributed by atoms with E-state index < -0.39 is 12.0 Å². The van der Waals surface area contributed by atoms with Gasteiger partial charge in [0.25, 0.3) is 11.8 Å². The fourth-order valence-corrected chi connectivity index (χ4v) is 3.59. The highest BCUT2D eigenvalue weighted by atomic mass is 16.5. The largest absolute Gasteiger partial charge is 0.467 e. The molecule has 0 bridgehead atoms. The van der Waals surface area contributed by atoms with Gasteiger partial charge in [-0.2, -0.15) is 0 Å². The van der Waals surface area contributed by atoms with Gasteiger partial charge in [0.15, 0.2) is 0 Å². The Labute approximate surface area is 174 Å². The minimum absolute atomic E-state index is 0.228. The number of nitrogens with zero attached hydrogens (tertiary/aromatic N) is 1. The van der Waals surface area contributed by atoms with Crippen molar-refractivity contribution in [1.29, 1.82) is 0 Å². The molecular weight excluding hydrogens is 380 g/mol. The SMILES string of the molecule is COC(=O)C1Cc2ccccc2N1C(=O)c1ccc(NC(=O)c2ccccc2)cc1. The molecule has 4 rings (SSSR count). The van der Waals surface area contributed by atoms with Gasteiger partial charge in [-0.25, -0.2) is 4.79 Å². The van der Waals surface area contributed by atoms with Gasteiger partial charge in [0, 0.05) is 28.9 Å². The average molecular weight is 400 g/mol. The van der Waals surface area contributed by atoms with Crippen molar-refractivity contribution in [2.24, 2.45) is 0 Å². The molecule has 150 valence electrons. The Bertz CT molecular complexity index is 1090. The van der Waals surface area contributed by atoms with Crippen LogP contribution in [-0.4, -0.2) is 30.9 Å². The summed E-state index contributed by atoms with van der Waals surface area (Å²) in [6.07, 6.45) is 0.416. The number of esters is 1. The highest BCUT2D eigenvalue weighted by Gasteiger charge is 2.39. The van der Waals surface area contributed by atoms with Gasteiger partial charge in [-0.1, -0.05) is 36.4 Å². The summed E-state index contributed by atoms with van der Waals surface area (Å²) in [6, 6.07) is 22.2. The van der Waals surface area contributed by atoms with Crippen molar-refractivity contribution in [2.45, 2.75) is 12.5 Å². The Kier molecular flexibility index (Phi) is 5.30. The van der Waals surface area contributed by atoms with E-state index in [1.807, 2.05) is 30.3 Å². The lowest BCUT2D eigenvalue weighted by Crippen LogP contribution is -2.43. The summed E-state index contributed by atoms with van der Waals surface area (Å²) >= 11 is 0. The molecule has 0 spiro atoms. The van der Waals surface area contributed by atoms with Crippen molar-refractivity contribution >= 4 is 29.2 Å². The molecule has 0 aromatic heterocycles. The lowest BCUT2D eigenvalue weighted by molar-refractivity contribution is -0.141. The van der Waals surface area contributed by atoms with Crippen LogP contribution in [0.5, 0.6) is 0 Å². The van der Waals surface area contributed by atoms with Crippen LogP contribution >= 0.6 is 0 Å². The number of amides is 2. The predicted octanol–water partition coefficient (Wildman–Crippen LogP) is 3.68. The minimum atomic E-state index is -0.697. The van der Waals surface area contributed by atoms with Crippen molar-refractivity contribution < 1.29 is 19.1 Å². The van der Waals surface area contributed by atoms with Crippen LogP contribution in [0, 0.1) is 0 Å². The molecule has 1 N–H and O–H groups in total. The summed E-state index contributed by atoms with van der Waals surface area (Å²) in [6.45, 7) is 0. The number of carbonyl (C=O) groups is 3. The highest BCUT2D eigenvalue weighted by Crippen LogP contribution is 2.34. The summed E-state index contributed by atoms with van der Waals surface area (Å²) in [5.74, 6) is -0.975. The Hall–Kier alpha value is -3.93. The zero-order valence-electron chi connectivity index (χ0n) is 16.4. The summed E-state index contributed by atoms with van der Waals surface area (Å²) < 4.78 is 4.91. The lowest BCUT2D eigenvalue weighted by Gasteiger charge is -2.24. The van der Waals surface area contributed by atoms with Crippen LogP contribution in [0.25, 0.3) is 0 Å². The molecule has 3 aromatic carbocycles. The third-order valence-corrected chi connectivity index (χ3v) is 5.09. The van der Waals surface area contributed by atoms with Gasteiger partial charge in [-0.3, -0.25) is 14.5 Å². The van der Waals surface area contributed by atoms with E-state index in [9.17, 15) is 14.4 Å². The molecule has 1 atom stereocenters. The van der Waals surface area contributed by atoms with E-state index in [0.717, 1.165) is 5.56 Å². The standard InChI is InChI=1S/C24H20N2O4/c1-30-24(29)21-15-18-9-5-6-10-20(18)26(21)23(28)17-11-13-19(14-12-17)25-22(27)16-7-3-2-4-8-16/h2-14,21H,15H2,1H3,(H,25,27). The van der Waals surface area contributed by atoms with Crippen LogP contribution in [0.4, 0.5) is 11.4 Å². The first-order chi connectivity index (χ1) is 14.6. The van der Waals surface area contributed by atoms with Gasteiger partial charge in [0.1, 0.15) is 6.04 Å². The average Bonchev–Trinajstić information content (AvgIpc) is 3.18. The van der Waals surface area contributed by atoms with E-state index >= 15 is 0 Å². The Morgan fingerprint density at radius 3 is 2.23 bits per heavy atom. The molecule has 1 aliphatic rings. The number of benzene rings is 3. The highest BCUT2D eigenvalue weighted by molar-refractivity contribution is 6.11. The number of anilines is 2. The summed E-state index contributed by atoms with van der Waals surface area (Å²) in [7, 11) is 1.32. The van der Waals surface area contributed by atoms with Gasteiger partial charge < -0.3 is 10.1 Å². The number of ether oxygens (including phenoxy) is 1. The van der Waals surface area contributed by atoms with Crippen LogP contribution in [0.15, 0.2) is 78.9 Å². The lowest BCUT2D eigenvalue weighted by atomic mass is 10.1. The summed E-state index contributed by atoms with van der Waals surface area (Å²) in [4.78, 5) is 39.3. The molecule has 1 heterocycles. The first kappa shape index (κ1) is 19.4. The Morgan fingerprint density at radius 1 is 0.867 bits per heavy atom. The van der Waals surface area contributed by atoms with Crippen LogP contribution in [0.2, 0.25) is 0 Å². The molecule has 0 saturated carbocycles. The molecule has 30 heavy (non-hydrogen) atoms. The third kappa shape index (κ3) is 3.67. The Balaban J connectivity index is 1.55. The van der Waals surface area contributed by atoms with Gasteiger partial charge in [0.05, 0.1) is 7.11 Å². The van der Waals surface area contributed by atoms with Crippen LogP contribution < -0.4 is 10.2 Å². The van der Waals surface area contributed by atoms with Gasteiger partial charge >= 0.3 is 5.97 Å². The van der Waals surface area contributed by atoms with Gasteiger partial charge in [-0.15, -0.1) is 0 Å². The number of hydrogen-bond acceptors (Lipinski definition) is 4. The zero-order valence-corrected chi connectivity index (χ0v) is 16.4. The number of nitrogens with one attached hydrogen (secondary N) is 1. The molecule has 0 aliphatic carbocycles. The molecule has 3 aromatic rings. The van der Waals surface area contributed by atoms with E-state index in [1.165, 1.54) is 12.0 Å². The minimum Gasteiger partial charge on any atom is -0.467 e. The normalized spacial score (nSPS) is 14.7. The molecule has 6 nitrogen and oxygen atoms in total. The maximum atomic E-state index is 13.2. The quantitative estimate of drug-likeness (QED) is 0.678. The second-order valence-corrected chi connectivity index (χ2v) is 6.94. The monoisotopic (exact) mass is 400 g/mol. The topological polar surface area (TPSA) is 75.7 Å². The number of methoxy groups -OCH3 is 1. The first-order valence-electron chi connectivity index (χ1n) is 9.54. The summed E-state index contributed by atoms with van der Waals surface area (Å²) in [5, 5.41) is 2.81. The summed E-state index contributed by atoms with van der Waals surface area (Å²) in [5.41, 5.74) is 3.17. The van der Waals surface area contributed by atoms with Crippen LogP contribution in [0.3, 0.4) is 0 Å². The molecule has 6 heteroatoms. The predicted molar refractivity (Wildman–Crippen MR) is 114 cm³/mol. The fourth-order valence-electron chi connectivity index (χ4n) is 3.59. The molecule has 0 radical (unpaired) electrons. The van der Waals surface area contributed by atoms with Crippen molar-refractivity contribution in [2.75, 3.05) is 17.3 Å². The second kappa shape index (κ2) is 8.21. The van der Waals surface area contributed by atoms with Crippen molar-refractivity contribution in [3.05, 3.63) is 95.6 Å². The van der Waals surface area contributed by atoms with Crippen molar-refractivity contribution in [3.63, 3.8) is 0 Å². The second-order valence-electron chi connectivity index (χ2n) is 6.94.